The van der Waals surface area contributed by atoms with Gasteiger partial charge in [-0.05, 0) is 25.0 Å². The highest BCUT2D eigenvalue weighted by Gasteiger charge is 2.21. The molecule has 4 heteroatoms. The SMILES string of the molecule is CCC(N)(CC)CNC(=O)Oc1ccccc1. The largest absolute Gasteiger partial charge is 0.412 e. The molecule has 0 fully saturated rings. The number of hydrogen-bond donors (Lipinski definition) is 2. The molecular weight excluding hydrogens is 216 g/mol. The number of amides is 1. The van der Waals surface area contributed by atoms with Crippen molar-refractivity contribution in [2.45, 2.75) is 32.2 Å². The molecule has 0 atom stereocenters. The van der Waals surface area contributed by atoms with Gasteiger partial charge >= 0.3 is 6.09 Å². The number of rotatable bonds is 5. The molecule has 0 unspecified atom stereocenters. The van der Waals surface area contributed by atoms with Crippen LogP contribution in [0, 0.1) is 0 Å². The van der Waals surface area contributed by atoms with Gasteiger partial charge in [-0.3, -0.25) is 0 Å². The van der Waals surface area contributed by atoms with Gasteiger partial charge in [0.1, 0.15) is 5.75 Å². The average molecular weight is 236 g/mol. The third-order valence-electron chi connectivity index (χ3n) is 2.95. The predicted molar refractivity (Wildman–Crippen MR) is 68.0 cm³/mol. The fourth-order valence-electron chi connectivity index (χ4n) is 1.38. The van der Waals surface area contributed by atoms with Crippen LogP contribution in [-0.2, 0) is 0 Å². The maximum Gasteiger partial charge on any atom is 0.412 e. The van der Waals surface area contributed by atoms with E-state index in [9.17, 15) is 4.79 Å². The number of hydrogen-bond acceptors (Lipinski definition) is 3. The van der Waals surface area contributed by atoms with Crippen molar-refractivity contribution in [2.75, 3.05) is 6.54 Å². The summed E-state index contributed by atoms with van der Waals surface area (Å²) >= 11 is 0. The standard InChI is InChI=1S/C13H20N2O2/c1-3-13(14,4-2)10-15-12(16)17-11-8-6-5-7-9-11/h5-9H,3-4,10,14H2,1-2H3,(H,15,16). The van der Waals surface area contributed by atoms with Crippen molar-refractivity contribution >= 4 is 6.09 Å². The molecule has 1 aromatic carbocycles. The Balaban J connectivity index is 2.41. The summed E-state index contributed by atoms with van der Waals surface area (Å²) in [7, 11) is 0. The molecule has 0 aliphatic rings. The molecule has 17 heavy (non-hydrogen) atoms. The van der Waals surface area contributed by atoms with E-state index < -0.39 is 6.09 Å². The van der Waals surface area contributed by atoms with Crippen LogP contribution >= 0.6 is 0 Å². The molecule has 0 radical (unpaired) electrons. The first kappa shape index (κ1) is 13.5. The highest BCUT2D eigenvalue weighted by Crippen LogP contribution is 2.11. The van der Waals surface area contributed by atoms with Gasteiger partial charge in [0.05, 0.1) is 0 Å². The van der Waals surface area contributed by atoms with Gasteiger partial charge in [0, 0.05) is 12.1 Å². The van der Waals surface area contributed by atoms with Gasteiger partial charge in [-0.2, -0.15) is 0 Å². The molecule has 94 valence electrons. The number of para-hydroxylation sites is 1. The maximum atomic E-state index is 11.5. The topological polar surface area (TPSA) is 64.3 Å². The Morgan fingerprint density at radius 1 is 1.29 bits per heavy atom. The molecule has 3 N–H and O–H groups in total. The minimum atomic E-state index is -0.465. The maximum absolute atomic E-state index is 11.5. The number of ether oxygens (including phenoxy) is 1. The highest BCUT2D eigenvalue weighted by atomic mass is 16.6. The van der Waals surface area contributed by atoms with E-state index in [2.05, 4.69) is 5.32 Å². The Morgan fingerprint density at radius 3 is 2.41 bits per heavy atom. The van der Waals surface area contributed by atoms with Crippen LogP contribution in [0.5, 0.6) is 5.75 Å². The minimum absolute atomic E-state index is 0.351. The highest BCUT2D eigenvalue weighted by molar-refractivity contribution is 5.70. The van der Waals surface area contributed by atoms with E-state index >= 15 is 0 Å². The number of carbonyl (C=O) groups is 1. The van der Waals surface area contributed by atoms with Gasteiger partial charge in [-0.1, -0.05) is 32.0 Å². The third-order valence-corrected chi connectivity index (χ3v) is 2.95. The molecule has 1 aromatic rings. The van der Waals surface area contributed by atoms with Crippen LogP contribution in [0.4, 0.5) is 4.79 Å². The zero-order valence-electron chi connectivity index (χ0n) is 10.4. The molecule has 0 saturated carbocycles. The summed E-state index contributed by atoms with van der Waals surface area (Å²) in [4.78, 5) is 11.5. The summed E-state index contributed by atoms with van der Waals surface area (Å²) in [5.74, 6) is 0.528. The van der Waals surface area contributed by atoms with Crippen LogP contribution in [0.3, 0.4) is 0 Å². The van der Waals surface area contributed by atoms with Crippen LogP contribution in [0.2, 0.25) is 0 Å². The Labute approximate surface area is 102 Å². The lowest BCUT2D eigenvalue weighted by atomic mass is 9.94. The van der Waals surface area contributed by atoms with E-state index in [4.69, 9.17) is 10.5 Å². The van der Waals surface area contributed by atoms with Crippen molar-refractivity contribution in [1.82, 2.24) is 5.32 Å². The quantitative estimate of drug-likeness (QED) is 0.824. The Bertz CT molecular complexity index is 348. The summed E-state index contributed by atoms with van der Waals surface area (Å²) in [5, 5.41) is 2.69. The van der Waals surface area contributed by atoms with Gasteiger partial charge in [-0.25, -0.2) is 4.79 Å². The Morgan fingerprint density at radius 2 is 1.88 bits per heavy atom. The van der Waals surface area contributed by atoms with E-state index in [1.807, 2.05) is 32.0 Å². The Kier molecular flexibility index (Phi) is 4.97. The van der Waals surface area contributed by atoms with Crippen molar-refractivity contribution in [3.05, 3.63) is 30.3 Å². The summed E-state index contributed by atoms with van der Waals surface area (Å²) in [5.41, 5.74) is 5.72. The molecule has 0 aromatic heterocycles. The first-order valence-electron chi connectivity index (χ1n) is 5.89. The van der Waals surface area contributed by atoms with Crippen LogP contribution in [0.15, 0.2) is 30.3 Å². The first-order chi connectivity index (χ1) is 8.09. The van der Waals surface area contributed by atoms with Crippen molar-refractivity contribution in [1.29, 1.82) is 0 Å². The fourth-order valence-corrected chi connectivity index (χ4v) is 1.38. The zero-order chi connectivity index (χ0) is 12.7. The van der Waals surface area contributed by atoms with Gasteiger partial charge in [0.2, 0.25) is 0 Å². The molecule has 0 aliphatic carbocycles. The van der Waals surface area contributed by atoms with Crippen molar-refractivity contribution in [3.8, 4) is 5.75 Å². The molecule has 4 nitrogen and oxygen atoms in total. The number of nitrogens with one attached hydrogen (secondary N) is 1. The number of nitrogens with two attached hydrogens (primary N) is 1. The van der Waals surface area contributed by atoms with Crippen molar-refractivity contribution < 1.29 is 9.53 Å². The lowest BCUT2D eigenvalue weighted by Gasteiger charge is -2.26. The minimum Gasteiger partial charge on any atom is -0.410 e. The van der Waals surface area contributed by atoms with Crippen LogP contribution in [0.1, 0.15) is 26.7 Å². The monoisotopic (exact) mass is 236 g/mol. The fraction of sp³-hybridized carbons (Fsp3) is 0.462. The van der Waals surface area contributed by atoms with Gasteiger partial charge in [0.15, 0.2) is 0 Å². The van der Waals surface area contributed by atoms with Crippen molar-refractivity contribution in [2.24, 2.45) is 5.73 Å². The second-order valence-electron chi connectivity index (χ2n) is 4.13. The van der Waals surface area contributed by atoms with E-state index in [1.165, 1.54) is 0 Å². The molecule has 1 rings (SSSR count). The normalized spacial score (nSPS) is 11.0. The molecule has 1 amide bonds. The van der Waals surface area contributed by atoms with E-state index in [0.29, 0.717) is 12.3 Å². The number of benzene rings is 1. The summed E-state index contributed by atoms with van der Waals surface area (Å²) in [6, 6.07) is 8.95. The van der Waals surface area contributed by atoms with Crippen LogP contribution in [-0.4, -0.2) is 18.2 Å². The Hall–Kier alpha value is -1.55. The molecule has 0 heterocycles. The summed E-state index contributed by atoms with van der Waals surface area (Å²) in [6.07, 6.45) is 1.16. The number of carbonyl (C=O) groups excluding carboxylic acids is 1. The molecule has 0 saturated heterocycles. The smallest absolute Gasteiger partial charge is 0.410 e. The molecular formula is C13H20N2O2. The van der Waals surface area contributed by atoms with Crippen LogP contribution < -0.4 is 15.8 Å². The second-order valence-corrected chi connectivity index (χ2v) is 4.13. The zero-order valence-corrected chi connectivity index (χ0v) is 10.4. The van der Waals surface area contributed by atoms with Crippen molar-refractivity contribution in [3.63, 3.8) is 0 Å². The summed E-state index contributed by atoms with van der Waals surface area (Å²) < 4.78 is 5.09. The van der Waals surface area contributed by atoms with Gasteiger partial charge in [-0.15, -0.1) is 0 Å². The molecule has 0 bridgehead atoms. The summed E-state index contributed by atoms with van der Waals surface area (Å²) in [6.45, 7) is 4.44. The predicted octanol–water partition coefficient (Wildman–Crippen LogP) is 2.29. The van der Waals surface area contributed by atoms with E-state index in [0.717, 1.165) is 12.8 Å². The average Bonchev–Trinajstić information content (AvgIpc) is 2.37. The second kappa shape index (κ2) is 6.25. The first-order valence-corrected chi connectivity index (χ1v) is 5.89. The molecule has 0 spiro atoms. The lowest BCUT2D eigenvalue weighted by Crippen LogP contribution is -2.49. The third kappa shape index (κ3) is 4.44. The van der Waals surface area contributed by atoms with E-state index in [1.54, 1.807) is 12.1 Å². The lowest BCUT2D eigenvalue weighted by molar-refractivity contribution is 0.196. The van der Waals surface area contributed by atoms with Gasteiger partial charge < -0.3 is 15.8 Å². The van der Waals surface area contributed by atoms with E-state index in [-0.39, 0.29) is 5.54 Å². The van der Waals surface area contributed by atoms with Crippen LogP contribution in [0.25, 0.3) is 0 Å². The van der Waals surface area contributed by atoms with Gasteiger partial charge in [0.25, 0.3) is 0 Å². The molecule has 0 aliphatic heterocycles.